The Kier molecular flexibility index (Phi) is 3.96. The summed E-state index contributed by atoms with van der Waals surface area (Å²) in [6.07, 6.45) is -1.00. The van der Waals surface area contributed by atoms with E-state index in [1.54, 1.807) is 7.05 Å². The highest BCUT2D eigenvalue weighted by Crippen LogP contribution is 2.15. The molecular weight excluding hydrogens is 287 g/mol. The standard InChI is InChI=1S/C12H15FN2O4S/c1-8-5-10(3-4-11(8)13)20(17,18)14-6-9-7-15(2)12(16)19-9/h3-5,9,14H,6-7H2,1-2H3. The molecule has 1 aromatic rings. The SMILES string of the molecule is Cc1cc(S(=O)(=O)NCC2CN(C)C(=O)O2)ccc1F. The molecule has 8 heteroatoms. The van der Waals surface area contributed by atoms with Crippen LogP contribution in [0.5, 0.6) is 0 Å². The van der Waals surface area contributed by atoms with Crippen LogP contribution in [0.3, 0.4) is 0 Å². The second-order valence-electron chi connectivity index (χ2n) is 4.65. The fraction of sp³-hybridized carbons (Fsp3) is 0.417. The van der Waals surface area contributed by atoms with Crippen molar-refractivity contribution in [2.75, 3.05) is 20.1 Å². The molecule has 1 fully saturated rings. The number of aryl methyl sites for hydroxylation is 1. The molecule has 1 aliphatic heterocycles. The number of carbonyl (C=O) groups excluding carboxylic acids is 1. The molecule has 0 radical (unpaired) electrons. The van der Waals surface area contributed by atoms with Crippen LogP contribution in [-0.2, 0) is 14.8 Å². The number of benzene rings is 1. The Morgan fingerprint density at radius 2 is 2.20 bits per heavy atom. The van der Waals surface area contributed by atoms with E-state index in [0.717, 1.165) is 6.07 Å². The van der Waals surface area contributed by atoms with Gasteiger partial charge in [-0.2, -0.15) is 0 Å². The van der Waals surface area contributed by atoms with E-state index in [0.29, 0.717) is 6.54 Å². The topological polar surface area (TPSA) is 75.7 Å². The summed E-state index contributed by atoms with van der Waals surface area (Å²) in [4.78, 5) is 12.5. The van der Waals surface area contributed by atoms with Gasteiger partial charge < -0.3 is 9.64 Å². The van der Waals surface area contributed by atoms with Crippen molar-refractivity contribution < 1.29 is 22.3 Å². The Labute approximate surface area is 116 Å². The van der Waals surface area contributed by atoms with Crippen LogP contribution >= 0.6 is 0 Å². The zero-order valence-electron chi connectivity index (χ0n) is 11.1. The van der Waals surface area contributed by atoms with Gasteiger partial charge in [0.05, 0.1) is 11.4 Å². The maximum Gasteiger partial charge on any atom is 0.410 e. The zero-order chi connectivity index (χ0) is 14.9. The van der Waals surface area contributed by atoms with Crippen molar-refractivity contribution in [1.82, 2.24) is 9.62 Å². The normalized spacial score (nSPS) is 19.2. The molecule has 1 aromatic carbocycles. The number of hydrogen-bond acceptors (Lipinski definition) is 4. The van der Waals surface area contributed by atoms with E-state index in [2.05, 4.69) is 4.72 Å². The highest BCUT2D eigenvalue weighted by Gasteiger charge is 2.29. The highest BCUT2D eigenvalue weighted by molar-refractivity contribution is 7.89. The number of nitrogens with zero attached hydrogens (tertiary/aromatic N) is 1. The van der Waals surface area contributed by atoms with E-state index >= 15 is 0 Å². The fourth-order valence-corrected chi connectivity index (χ4v) is 2.98. The molecule has 1 aliphatic rings. The van der Waals surface area contributed by atoms with Gasteiger partial charge in [0.2, 0.25) is 10.0 Å². The summed E-state index contributed by atoms with van der Waals surface area (Å²) < 4.78 is 44.5. The Morgan fingerprint density at radius 1 is 1.50 bits per heavy atom. The van der Waals surface area contributed by atoms with Gasteiger partial charge in [-0.1, -0.05) is 0 Å². The molecule has 0 saturated carbocycles. The van der Waals surface area contributed by atoms with Gasteiger partial charge in [0, 0.05) is 13.6 Å². The largest absolute Gasteiger partial charge is 0.443 e. The van der Waals surface area contributed by atoms with Crippen LogP contribution in [0, 0.1) is 12.7 Å². The maximum atomic E-state index is 13.1. The van der Waals surface area contributed by atoms with Crippen LogP contribution in [0.25, 0.3) is 0 Å². The summed E-state index contributed by atoms with van der Waals surface area (Å²) in [6.45, 7) is 1.79. The predicted octanol–water partition coefficient (Wildman–Crippen LogP) is 0.863. The number of sulfonamides is 1. The van der Waals surface area contributed by atoms with Gasteiger partial charge in [-0.25, -0.2) is 22.3 Å². The van der Waals surface area contributed by atoms with E-state index in [1.807, 2.05) is 0 Å². The van der Waals surface area contributed by atoms with Crippen molar-refractivity contribution in [1.29, 1.82) is 0 Å². The molecular formula is C12H15FN2O4S. The van der Waals surface area contributed by atoms with Crippen LogP contribution in [0.4, 0.5) is 9.18 Å². The Hall–Kier alpha value is -1.67. The van der Waals surface area contributed by atoms with Crippen molar-refractivity contribution >= 4 is 16.1 Å². The van der Waals surface area contributed by atoms with Crippen molar-refractivity contribution in [3.8, 4) is 0 Å². The minimum atomic E-state index is -3.75. The molecule has 1 N–H and O–H groups in total. The van der Waals surface area contributed by atoms with Crippen molar-refractivity contribution in [2.45, 2.75) is 17.9 Å². The summed E-state index contributed by atoms with van der Waals surface area (Å²) in [5.41, 5.74) is 0.250. The third-order valence-electron chi connectivity index (χ3n) is 3.00. The lowest BCUT2D eigenvalue weighted by Gasteiger charge is -2.11. The second-order valence-corrected chi connectivity index (χ2v) is 6.42. The van der Waals surface area contributed by atoms with E-state index in [1.165, 1.54) is 24.0 Å². The molecule has 20 heavy (non-hydrogen) atoms. The average Bonchev–Trinajstić information content (AvgIpc) is 2.70. The summed E-state index contributed by atoms with van der Waals surface area (Å²) >= 11 is 0. The van der Waals surface area contributed by atoms with E-state index in [4.69, 9.17) is 4.74 Å². The minimum Gasteiger partial charge on any atom is -0.443 e. The number of ether oxygens (including phenoxy) is 1. The smallest absolute Gasteiger partial charge is 0.410 e. The number of hydrogen-bond donors (Lipinski definition) is 1. The fourth-order valence-electron chi connectivity index (χ4n) is 1.83. The number of cyclic esters (lactones) is 1. The van der Waals surface area contributed by atoms with Crippen LogP contribution in [0.1, 0.15) is 5.56 Å². The van der Waals surface area contributed by atoms with Gasteiger partial charge in [0.15, 0.2) is 0 Å². The quantitative estimate of drug-likeness (QED) is 0.895. The number of carbonyl (C=O) groups is 1. The lowest BCUT2D eigenvalue weighted by molar-refractivity contribution is 0.135. The Balaban J connectivity index is 2.04. The molecule has 1 amide bonds. The van der Waals surface area contributed by atoms with Crippen LogP contribution < -0.4 is 4.72 Å². The molecule has 1 heterocycles. The van der Waals surface area contributed by atoms with Crippen molar-refractivity contribution in [3.63, 3.8) is 0 Å². The average molecular weight is 302 g/mol. The maximum absolute atomic E-state index is 13.1. The number of nitrogens with one attached hydrogen (secondary N) is 1. The number of likely N-dealkylation sites (N-methyl/N-ethyl adjacent to an activating group) is 1. The van der Waals surface area contributed by atoms with Gasteiger partial charge in [-0.15, -0.1) is 0 Å². The first-order chi connectivity index (χ1) is 9.29. The molecule has 1 unspecified atom stereocenters. The first-order valence-corrected chi connectivity index (χ1v) is 7.45. The van der Waals surface area contributed by atoms with Gasteiger partial charge in [0.1, 0.15) is 11.9 Å². The van der Waals surface area contributed by atoms with Crippen LogP contribution in [0.2, 0.25) is 0 Å². The highest BCUT2D eigenvalue weighted by atomic mass is 32.2. The molecule has 0 aromatic heterocycles. The zero-order valence-corrected chi connectivity index (χ0v) is 11.9. The number of amides is 1. The molecule has 1 atom stereocenters. The summed E-state index contributed by atoms with van der Waals surface area (Å²) in [6, 6.07) is 3.55. The third kappa shape index (κ3) is 3.07. The van der Waals surface area contributed by atoms with Gasteiger partial charge >= 0.3 is 6.09 Å². The summed E-state index contributed by atoms with van der Waals surface area (Å²) in [5, 5.41) is 0. The van der Waals surface area contributed by atoms with Crippen LogP contribution in [-0.4, -0.2) is 45.7 Å². The Bertz CT molecular complexity index is 632. The number of halogens is 1. The predicted molar refractivity (Wildman–Crippen MR) is 69.2 cm³/mol. The van der Waals surface area contributed by atoms with Crippen LogP contribution in [0.15, 0.2) is 23.1 Å². The van der Waals surface area contributed by atoms with Crippen molar-refractivity contribution in [3.05, 3.63) is 29.6 Å². The third-order valence-corrected chi connectivity index (χ3v) is 4.42. The van der Waals surface area contributed by atoms with Gasteiger partial charge in [-0.3, -0.25) is 0 Å². The monoisotopic (exact) mass is 302 g/mol. The molecule has 0 bridgehead atoms. The second kappa shape index (κ2) is 5.37. The molecule has 2 rings (SSSR count). The molecule has 6 nitrogen and oxygen atoms in total. The molecule has 110 valence electrons. The van der Waals surface area contributed by atoms with E-state index in [-0.39, 0.29) is 17.0 Å². The summed E-state index contributed by atoms with van der Waals surface area (Å²) in [5.74, 6) is -0.463. The lowest BCUT2D eigenvalue weighted by atomic mass is 10.2. The van der Waals surface area contributed by atoms with Crippen molar-refractivity contribution in [2.24, 2.45) is 0 Å². The van der Waals surface area contributed by atoms with E-state index < -0.39 is 28.0 Å². The lowest BCUT2D eigenvalue weighted by Crippen LogP contribution is -2.34. The summed E-state index contributed by atoms with van der Waals surface area (Å²) in [7, 11) is -2.18. The van der Waals surface area contributed by atoms with E-state index in [9.17, 15) is 17.6 Å². The molecule has 1 saturated heterocycles. The first-order valence-electron chi connectivity index (χ1n) is 5.97. The van der Waals surface area contributed by atoms with Gasteiger partial charge in [0.25, 0.3) is 0 Å². The first kappa shape index (κ1) is 14.7. The Morgan fingerprint density at radius 3 is 2.75 bits per heavy atom. The molecule has 0 spiro atoms. The van der Waals surface area contributed by atoms with Gasteiger partial charge in [-0.05, 0) is 30.7 Å². The number of rotatable bonds is 4. The molecule has 0 aliphatic carbocycles. The minimum absolute atomic E-state index is 0.0190.